The highest BCUT2D eigenvalue weighted by Gasteiger charge is 2.13. The highest BCUT2D eigenvalue weighted by Crippen LogP contribution is 2.34. The van der Waals surface area contributed by atoms with E-state index in [9.17, 15) is 14.9 Å². The molecule has 182 valence electrons. The summed E-state index contributed by atoms with van der Waals surface area (Å²) in [5.41, 5.74) is 4.37. The lowest BCUT2D eigenvalue weighted by Gasteiger charge is -2.15. The molecule has 36 heavy (non-hydrogen) atoms. The maximum Gasteiger partial charge on any atom is 0.271 e. The molecule has 0 unspecified atom stereocenters. The van der Waals surface area contributed by atoms with Crippen molar-refractivity contribution in [2.75, 3.05) is 6.61 Å². The molecule has 4 rings (SSSR count). The topological polar surface area (TPSA) is 103 Å². The van der Waals surface area contributed by atoms with E-state index in [1.165, 1.54) is 35.9 Å². The molecule has 0 fully saturated rings. The van der Waals surface area contributed by atoms with Crippen LogP contribution in [0.2, 0.25) is 0 Å². The largest absolute Gasteiger partial charge is 0.490 e. The number of hydrogen-bond donors (Lipinski definition) is 1. The Morgan fingerprint density at radius 2 is 1.78 bits per heavy atom. The fourth-order valence-corrected chi connectivity index (χ4v) is 4.30. The molecule has 0 saturated carbocycles. The third-order valence-electron chi connectivity index (χ3n) is 5.25. The summed E-state index contributed by atoms with van der Waals surface area (Å²) in [6.07, 6.45) is 1.50. The van der Waals surface area contributed by atoms with Crippen LogP contribution < -0.4 is 14.9 Å². The molecule has 0 radical (unpaired) electrons. The second-order valence-electron chi connectivity index (χ2n) is 7.74. The third-order valence-corrected chi connectivity index (χ3v) is 6.05. The zero-order valence-electron chi connectivity index (χ0n) is 19.3. The molecule has 4 aromatic rings. The molecule has 4 aromatic carbocycles. The normalized spacial score (nSPS) is 10.9. The number of amides is 1. The van der Waals surface area contributed by atoms with Crippen LogP contribution in [-0.4, -0.2) is 23.7 Å². The van der Waals surface area contributed by atoms with Crippen LogP contribution in [0.4, 0.5) is 5.69 Å². The summed E-state index contributed by atoms with van der Waals surface area (Å²) in [6, 6.07) is 23.4. The van der Waals surface area contributed by atoms with Crippen LogP contribution >= 0.6 is 22.6 Å². The molecule has 0 spiro atoms. The van der Waals surface area contributed by atoms with Gasteiger partial charge >= 0.3 is 0 Å². The molecular weight excluding hydrogens is 573 g/mol. The molecular formula is C27H22IN3O5. The molecule has 0 atom stereocenters. The van der Waals surface area contributed by atoms with Gasteiger partial charge in [-0.3, -0.25) is 14.9 Å². The lowest BCUT2D eigenvalue weighted by molar-refractivity contribution is -0.384. The first kappa shape index (κ1) is 25.1. The van der Waals surface area contributed by atoms with Crippen LogP contribution in [0, 0.1) is 13.7 Å². The molecule has 0 aliphatic heterocycles. The molecule has 0 bridgehead atoms. The van der Waals surface area contributed by atoms with Gasteiger partial charge in [-0.1, -0.05) is 36.4 Å². The lowest BCUT2D eigenvalue weighted by Crippen LogP contribution is -2.17. The van der Waals surface area contributed by atoms with Crippen molar-refractivity contribution in [2.45, 2.75) is 13.5 Å². The number of nitro benzene ring substituents is 1. The summed E-state index contributed by atoms with van der Waals surface area (Å²) >= 11 is 2.18. The average Bonchev–Trinajstić information content (AvgIpc) is 2.88. The quantitative estimate of drug-likeness (QED) is 0.109. The minimum absolute atomic E-state index is 0.0870. The number of hydrazone groups is 1. The standard InChI is InChI=1S/C27H22IN3O5/c1-2-35-25-15-19(16-29-30-27(32)21-9-11-23(12-10-21)31(33)34)14-24(28)26(25)36-17-18-7-8-20-5-3-4-6-22(20)13-18/h3-16H,2,17H2,1H3,(H,30,32)/b29-16+. The molecule has 1 N–H and O–H groups in total. The van der Waals surface area contributed by atoms with Crippen LogP contribution in [0.1, 0.15) is 28.4 Å². The van der Waals surface area contributed by atoms with Crippen molar-refractivity contribution in [3.05, 3.63) is 109 Å². The van der Waals surface area contributed by atoms with Gasteiger partial charge in [-0.15, -0.1) is 0 Å². The van der Waals surface area contributed by atoms with Gasteiger partial charge in [-0.05, 0) is 81.7 Å². The number of nitro groups is 1. The Labute approximate surface area is 221 Å². The summed E-state index contributed by atoms with van der Waals surface area (Å²) < 4.78 is 12.8. The number of nitrogens with one attached hydrogen (secondary N) is 1. The van der Waals surface area contributed by atoms with E-state index in [0.29, 0.717) is 30.3 Å². The van der Waals surface area contributed by atoms with Crippen molar-refractivity contribution < 1.29 is 19.2 Å². The SMILES string of the molecule is CCOc1cc(/C=N/NC(=O)c2ccc([N+](=O)[O-])cc2)cc(I)c1OCc1ccc2ccccc2c1. The van der Waals surface area contributed by atoms with Crippen LogP contribution in [0.3, 0.4) is 0 Å². The van der Waals surface area contributed by atoms with E-state index in [0.717, 1.165) is 14.5 Å². The summed E-state index contributed by atoms with van der Waals surface area (Å²) in [5, 5.41) is 17.1. The molecule has 0 saturated heterocycles. The second-order valence-corrected chi connectivity index (χ2v) is 8.90. The van der Waals surface area contributed by atoms with Crippen LogP contribution in [0.15, 0.2) is 84.0 Å². The van der Waals surface area contributed by atoms with Gasteiger partial charge in [0.15, 0.2) is 11.5 Å². The molecule has 8 nitrogen and oxygen atoms in total. The second kappa shape index (κ2) is 11.6. The van der Waals surface area contributed by atoms with Gasteiger partial charge < -0.3 is 9.47 Å². The van der Waals surface area contributed by atoms with Crippen molar-refractivity contribution in [3.63, 3.8) is 0 Å². The zero-order valence-corrected chi connectivity index (χ0v) is 21.5. The lowest BCUT2D eigenvalue weighted by atomic mass is 10.1. The van der Waals surface area contributed by atoms with Gasteiger partial charge in [-0.2, -0.15) is 5.10 Å². The van der Waals surface area contributed by atoms with E-state index in [2.05, 4.69) is 57.4 Å². The number of non-ortho nitro benzene ring substituents is 1. The summed E-state index contributed by atoms with van der Waals surface area (Å²) in [4.78, 5) is 22.5. The predicted molar refractivity (Wildman–Crippen MR) is 147 cm³/mol. The molecule has 0 aliphatic carbocycles. The predicted octanol–water partition coefficient (Wildman–Crippen LogP) is 6.09. The Morgan fingerprint density at radius 1 is 1.03 bits per heavy atom. The number of benzene rings is 4. The van der Waals surface area contributed by atoms with Crippen LogP contribution in [0.5, 0.6) is 11.5 Å². The minimum atomic E-state index is -0.521. The zero-order chi connectivity index (χ0) is 25.5. The van der Waals surface area contributed by atoms with Crippen molar-refractivity contribution in [3.8, 4) is 11.5 Å². The fourth-order valence-electron chi connectivity index (χ4n) is 3.51. The van der Waals surface area contributed by atoms with Gasteiger partial charge in [0.05, 0.1) is 21.3 Å². The van der Waals surface area contributed by atoms with E-state index in [1.807, 2.05) is 31.2 Å². The highest BCUT2D eigenvalue weighted by atomic mass is 127. The van der Waals surface area contributed by atoms with E-state index in [-0.39, 0.29) is 11.3 Å². The van der Waals surface area contributed by atoms with Crippen LogP contribution in [0.25, 0.3) is 10.8 Å². The highest BCUT2D eigenvalue weighted by molar-refractivity contribution is 14.1. The first-order valence-electron chi connectivity index (χ1n) is 11.1. The number of fused-ring (bicyclic) bond motifs is 1. The number of hydrogen-bond acceptors (Lipinski definition) is 6. The van der Waals surface area contributed by atoms with Gasteiger partial charge in [0.25, 0.3) is 11.6 Å². The Hall–Kier alpha value is -3.99. The summed E-state index contributed by atoms with van der Waals surface area (Å²) in [6.45, 7) is 2.74. The number of halogens is 1. The Balaban J connectivity index is 1.45. The van der Waals surface area contributed by atoms with E-state index >= 15 is 0 Å². The number of ether oxygens (including phenoxy) is 2. The molecule has 0 aromatic heterocycles. The van der Waals surface area contributed by atoms with Gasteiger partial charge in [-0.25, -0.2) is 5.43 Å². The average molecular weight is 595 g/mol. The fraction of sp³-hybridized carbons (Fsp3) is 0.111. The Kier molecular flexibility index (Phi) is 8.11. The smallest absolute Gasteiger partial charge is 0.271 e. The van der Waals surface area contributed by atoms with Crippen molar-refractivity contribution in [2.24, 2.45) is 5.10 Å². The van der Waals surface area contributed by atoms with Gasteiger partial charge in [0, 0.05) is 17.7 Å². The van der Waals surface area contributed by atoms with Crippen LogP contribution in [-0.2, 0) is 6.61 Å². The van der Waals surface area contributed by atoms with Gasteiger partial charge in [0.1, 0.15) is 6.61 Å². The molecule has 0 aliphatic rings. The first-order chi connectivity index (χ1) is 17.4. The van der Waals surface area contributed by atoms with Gasteiger partial charge in [0.2, 0.25) is 0 Å². The van der Waals surface area contributed by atoms with E-state index < -0.39 is 10.8 Å². The maximum absolute atomic E-state index is 12.3. The maximum atomic E-state index is 12.3. The summed E-state index contributed by atoms with van der Waals surface area (Å²) in [7, 11) is 0. The van der Waals surface area contributed by atoms with E-state index in [4.69, 9.17) is 9.47 Å². The van der Waals surface area contributed by atoms with E-state index in [1.54, 1.807) is 6.07 Å². The summed E-state index contributed by atoms with van der Waals surface area (Å²) in [5.74, 6) is 0.738. The number of rotatable bonds is 9. The Bertz CT molecular complexity index is 1440. The number of carbonyl (C=O) groups excluding carboxylic acids is 1. The third kappa shape index (κ3) is 6.16. The molecule has 1 amide bonds. The Morgan fingerprint density at radius 3 is 2.50 bits per heavy atom. The minimum Gasteiger partial charge on any atom is -0.490 e. The van der Waals surface area contributed by atoms with Crippen molar-refractivity contribution in [1.82, 2.24) is 5.43 Å². The van der Waals surface area contributed by atoms with Crippen molar-refractivity contribution in [1.29, 1.82) is 0 Å². The monoisotopic (exact) mass is 595 g/mol. The first-order valence-corrected chi connectivity index (χ1v) is 12.2. The van der Waals surface area contributed by atoms with Crippen molar-refractivity contribution >= 4 is 51.2 Å². The molecule has 9 heteroatoms. The molecule has 0 heterocycles. The number of nitrogens with zero attached hydrogens (tertiary/aromatic N) is 2. The number of carbonyl (C=O) groups is 1.